The lowest BCUT2D eigenvalue weighted by atomic mass is 10.1. The Kier molecular flexibility index (Phi) is 6.58. The number of carbonyl (C=O) groups excluding carboxylic acids is 3. The average molecular weight is 450 g/mol. The predicted octanol–water partition coefficient (Wildman–Crippen LogP) is 2.22. The second-order valence-corrected chi connectivity index (χ2v) is 8.16. The lowest BCUT2D eigenvalue weighted by molar-refractivity contribution is -0.121. The summed E-state index contributed by atoms with van der Waals surface area (Å²) in [6.07, 6.45) is 2.27. The van der Waals surface area contributed by atoms with Gasteiger partial charge in [-0.1, -0.05) is 24.3 Å². The van der Waals surface area contributed by atoms with Crippen LogP contribution in [0.25, 0.3) is 0 Å². The van der Waals surface area contributed by atoms with E-state index in [1.54, 1.807) is 21.7 Å². The first-order chi connectivity index (χ1) is 15.9. The number of aromatic nitrogens is 2. The standard InChI is InChI=1S/C24H27N5O4/c1-17-7-3-4-8-18(17)15-28-10-6-11-29-21(24(28)32)13-20(26-29)23(31)27(2)16-22(30)25-14-19-9-5-12-33-19/h3-5,7-9,12-13H,6,10-11,14-16H2,1-2H3,(H,25,30). The Morgan fingerprint density at radius 3 is 2.76 bits per heavy atom. The van der Waals surface area contributed by atoms with E-state index in [4.69, 9.17) is 4.42 Å². The van der Waals surface area contributed by atoms with Crippen LogP contribution in [0.15, 0.2) is 53.1 Å². The van der Waals surface area contributed by atoms with Gasteiger partial charge in [0.05, 0.1) is 19.4 Å². The Morgan fingerprint density at radius 1 is 1.18 bits per heavy atom. The topological polar surface area (TPSA) is 101 Å². The third kappa shape index (κ3) is 5.14. The number of nitrogens with one attached hydrogen (secondary N) is 1. The summed E-state index contributed by atoms with van der Waals surface area (Å²) in [5, 5.41) is 7.07. The van der Waals surface area contributed by atoms with E-state index >= 15 is 0 Å². The number of furan rings is 1. The normalized spacial score (nSPS) is 13.4. The maximum absolute atomic E-state index is 13.2. The highest BCUT2D eigenvalue weighted by Crippen LogP contribution is 2.18. The Hall–Kier alpha value is -3.88. The molecule has 3 aromatic rings. The van der Waals surface area contributed by atoms with Crippen molar-refractivity contribution in [2.45, 2.75) is 33.0 Å². The highest BCUT2D eigenvalue weighted by molar-refractivity contribution is 5.99. The number of rotatable bonds is 7. The van der Waals surface area contributed by atoms with Crippen molar-refractivity contribution in [3.05, 3.63) is 77.0 Å². The summed E-state index contributed by atoms with van der Waals surface area (Å²) in [7, 11) is 1.53. The summed E-state index contributed by atoms with van der Waals surface area (Å²) in [5.41, 5.74) is 2.76. The van der Waals surface area contributed by atoms with Crippen LogP contribution >= 0.6 is 0 Å². The molecule has 1 aliphatic heterocycles. The van der Waals surface area contributed by atoms with Crippen LogP contribution in [-0.2, 0) is 24.4 Å². The summed E-state index contributed by atoms with van der Waals surface area (Å²) in [5.74, 6) is -0.254. The number of amides is 3. The highest BCUT2D eigenvalue weighted by Gasteiger charge is 2.28. The van der Waals surface area contributed by atoms with Crippen molar-refractivity contribution in [1.82, 2.24) is 24.9 Å². The van der Waals surface area contributed by atoms with Gasteiger partial charge in [-0.05, 0) is 36.6 Å². The Bertz CT molecular complexity index is 1150. The largest absolute Gasteiger partial charge is 0.467 e. The molecule has 1 N–H and O–H groups in total. The predicted molar refractivity (Wildman–Crippen MR) is 120 cm³/mol. The van der Waals surface area contributed by atoms with E-state index in [-0.39, 0.29) is 30.6 Å². The van der Waals surface area contributed by atoms with Crippen molar-refractivity contribution in [2.75, 3.05) is 20.1 Å². The van der Waals surface area contributed by atoms with Crippen molar-refractivity contribution in [1.29, 1.82) is 0 Å². The maximum Gasteiger partial charge on any atom is 0.274 e. The van der Waals surface area contributed by atoms with E-state index in [1.807, 2.05) is 31.2 Å². The molecule has 3 heterocycles. The minimum absolute atomic E-state index is 0.130. The van der Waals surface area contributed by atoms with Crippen LogP contribution in [0, 0.1) is 6.92 Å². The first-order valence-electron chi connectivity index (χ1n) is 10.9. The van der Waals surface area contributed by atoms with Crippen molar-refractivity contribution in [3.63, 3.8) is 0 Å². The van der Waals surface area contributed by atoms with Gasteiger partial charge in [0.2, 0.25) is 5.91 Å². The van der Waals surface area contributed by atoms with Crippen LogP contribution in [0.2, 0.25) is 0 Å². The number of fused-ring (bicyclic) bond motifs is 1. The summed E-state index contributed by atoms with van der Waals surface area (Å²) in [6.45, 7) is 3.82. The van der Waals surface area contributed by atoms with E-state index in [1.165, 1.54) is 24.3 Å². The summed E-state index contributed by atoms with van der Waals surface area (Å²) < 4.78 is 6.78. The number of hydrogen-bond donors (Lipinski definition) is 1. The fourth-order valence-corrected chi connectivity index (χ4v) is 3.82. The zero-order chi connectivity index (χ0) is 23.4. The second kappa shape index (κ2) is 9.72. The quantitative estimate of drug-likeness (QED) is 0.596. The van der Waals surface area contributed by atoms with Gasteiger partial charge >= 0.3 is 0 Å². The highest BCUT2D eigenvalue weighted by atomic mass is 16.3. The average Bonchev–Trinajstić information content (AvgIpc) is 3.45. The van der Waals surface area contributed by atoms with Gasteiger partial charge in [-0.2, -0.15) is 5.10 Å². The van der Waals surface area contributed by atoms with Gasteiger partial charge in [-0.25, -0.2) is 0 Å². The van der Waals surface area contributed by atoms with Crippen molar-refractivity contribution in [3.8, 4) is 0 Å². The fraction of sp³-hybridized carbons (Fsp3) is 0.333. The summed E-state index contributed by atoms with van der Waals surface area (Å²) >= 11 is 0. The fourth-order valence-electron chi connectivity index (χ4n) is 3.82. The number of nitrogens with zero attached hydrogens (tertiary/aromatic N) is 4. The maximum atomic E-state index is 13.2. The van der Waals surface area contributed by atoms with Crippen molar-refractivity contribution < 1.29 is 18.8 Å². The number of benzene rings is 1. The Morgan fingerprint density at radius 2 is 2.00 bits per heavy atom. The van der Waals surface area contributed by atoms with Crippen molar-refractivity contribution in [2.24, 2.45) is 0 Å². The van der Waals surface area contributed by atoms with E-state index < -0.39 is 5.91 Å². The SMILES string of the molecule is Cc1ccccc1CN1CCCn2nc(C(=O)N(C)CC(=O)NCc3ccco3)cc2C1=O. The minimum atomic E-state index is -0.415. The van der Waals surface area contributed by atoms with Gasteiger partial charge in [0.1, 0.15) is 11.5 Å². The van der Waals surface area contributed by atoms with E-state index in [9.17, 15) is 14.4 Å². The molecule has 9 heteroatoms. The Labute approximate surface area is 192 Å². The molecule has 9 nitrogen and oxygen atoms in total. The molecule has 0 saturated heterocycles. The molecule has 1 aliphatic rings. The van der Waals surface area contributed by atoms with Gasteiger partial charge in [0, 0.05) is 32.7 Å². The minimum Gasteiger partial charge on any atom is -0.467 e. The van der Waals surface area contributed by atoms with Gasteiger partial charge in [-0.15, -0.1) is 0 Å². The van der Waals surface area contributed by atoms with Crippen LogP contribution in [0.4, 0.5) is 0 Å². The van der Waals surface area contributed by atoms with Crippen LogP contribution in [0.1, 0.15) is 44.3 Å². The molecule has 3 amide bonds. The van der Waals surface area contributed by atoms with Gasteiger partial charge in [0.25, 0.3) is 11.8 Å². The number of hydrogen-bond acceptors (Lipinski definition) is 5. The van der Waals surface area contributed by atoms with E-state index in [0.717, 1.165) is 17.5 Å². The van der Waals surface area contributed by atoms with Crippen LogP contribution in [0.3, 0.4) is 0 Å². The molecule has 0 unspecified atom stereocenters. The molecule has 0 aliphatic carbocycles. The molecule has 4 rings (SSSR count). The molecular formula is C24H27N5O4. The van der Waals surface area contributed by atoms with E-state index in [0.29, 0.717) is 31.1 Å². The lowest BCUT2D eigenvalue weighted by Crippen LogP contribution is -2.38. The molecule has 33 heavy (non-hydrogen) atoms. The lowest BCUT2D eigenvalue weighted by Gasteiger charge is -2.21. The molecule has 0 radical (unpaired) electrons. The van der Waals surface area contributed by atoms with Crippen LogP contribution in [0.5, 0.6) is 0 Å². The Balaban J connectivity index is 1.41. The smallest absolute Gasteiger partial charge is 0.274 e. The van der Waals surface area contributed by atoms with Gasteiger partial charge in [0.15, 0.2) is 5.69 Å². The third-order valence-corrected chi connectivity index (χ3v) is 5.69. The molecular weight excluding hydrogens is 422 g/mol. The molecule has 0 saturated carbocycles. The van der Waals surface area contributed by atoms with Crippen LogP contribution < -0.4 is 5.32 Å². The molecule has 0 spiro atoms. The molecule has 2 aromatic heterocycles. The zero-order valence-corrected chi connectivity index (χ0v) is 18.8. The first-order valence-corrected chi connectivity index (χ1v) is 10.9. The first kappa shape index (κ1) is 22.3. The van der Waals surface area contributed by atoms with E-state index in [2.05, 4.69) is 10.4 Å². The third-order valence-electron chi connectivity index (χ3n) is 5.69. The van der Waals surface area contributed by atoms with Gasteiger partial charge in [-0.3, -0.25) is 19.1 Å². The molecule has 0 atom stereocenters. The second-order valence-electron chi connectivity index (χ2n) is 8.16. The summed E-state index contributed by atoms with van der Waals surface area (Å²) in [4.78, 5) is 41.3. The number of likely N-dealkylation sites (N-methyl/N-ethyl adjacent to an activating group) is 1. The molecule has 172 valence electrons. The van der Waals surface area contributed by atoms with Crippen molar-refractivity contribution >= 4 is 17.7 Å². The molecule has 0 fully saturated rings. The number of carbonyl (C=O) groups is 3. The molecule has 1 aromatic carbocycles. The monoisotopic (exact) mass is 449 g/mol. The molecule has 0 bridgehead atoms. The zero-order valence-electron chi connectivity index (χ0n) is 18.8. The summed E-state index contributed by atoms with van der Waals surface area (Å²) in [6, 6.07) is 13.0. The number of aryl methyl sites for hydroxylation is 2. The van der Waals surface area contributed by atoms with Gasteiger partial charge < -0.3 is 19.5 Å². The van der Waals surface area contributed by atoms with Crippen LogP contribution in [-0.4, -0.2) is 57.4 Å².